The molecule has 2 heterocycles. The van der Waals surface area contributed by atoms with Crippen LogP contribution in [0.4, 0.5) is 5.82 Å². The predicted molar refractivity (Wildman–Crippen MR) is 82.3 cm³/mol. The van der Waals surface area contributed by atoms with Crippen LogP contribution in [0.1, 0.15) is 12.0 Å². The molecule has 0 bridgehead atoms. The number of rotatable bonds is 4. The number of H-pyrrole nitrogens is 1. The van der Waals surface area contributed by atoms with Gasteiger partial charge in [-0.1, -0.05) is 29.8 Å². The predicted octanol–water partition coefficient (Wildman–Crippen LogP) is 3.18. The monoisotopic (exact) mass is 300 g/mol. The Balaban J connectivity index is 1.62. The lowest BCUT2D eigenvalue weighted by Crippen LogP contribution is -2.13. The van der Waals surface area contributed by atoms with Gasteiger partial charge in [0.1, 0.15) is 0 Å². The number of benzene rings is 1. The second kappa shape index (κ2) is 5.93. The molecule has 0 atom stereocenters. The van der Waals surface area contributed by atoms with Crippen LogP contribution in [0.5, 0.6) is 0 Å². The van der Waals surface area contributed by atoms with Gasteiger partial charge in [-0.25, -0.2) is 0 Å². The SMILES string of the molecule is O=C(CCc1c[nH]c2ccccc12)Nc1ccc(Cl)nn1. The first kappa shape index (κ1) is 13.6. The number of hydrogen-bond donors (Lipinski definition) is 2. The van der Waals surface area contributed by atoms with Crippen molar-refractivity contribution in [2.45, 2.75) is 12.8 Å². The van der Waals surface area contributed by atoms with E-state index in [1.165, 1.54) is 0 Å². The maximum atomic E-state index is 11.9. The van der Waals surface area contributed by atoms with E-state index in [9.17, 15) is 4.79 Å². The van der Waals surface area contributed by atoms with Crippen molar-refractivity contribution in [1.29, 1.82) is 0 Å². The summed E-state index contributed by atoms with van der Waals surface area (Å²) < 4.78 is 0. The zero-order valence-electron chi connectivity index (χ0n) is 11.1. The third kappa shape index (κ3) is 3.20. The van der Waals surface area contributed by atoms with Crippen LogP contribution in [0, 0.1) is 0 Å². The van der Waals surface area contributed by atoms with E-state index in [-0.39, 0.29) is 5.91 Å². The molecule has 0 saturated carbocycles. The number of halogens is 1. The van der Waals surface area contributed by atoms with E-state index < -0.39 is 0 Å². The van der Waals surface area contributed by atoms with Crippen molar-refractivity contribution in [3.05, 3.63) is 53.3 Å². The molecule has 2 N–H and O–H groups in total. The zero-order valence-corrected chi connectivity index (χ0v) is 11.9. The quantitative estimate of drug-likeness (QED) is 0.777. The number of carbonyl (C=O) groups excluding carboxylic acids is 1. The first-order valence-corrected chi connectivity index (χ1v) is 6.94. The van der Waals surface area contributed by atoms with Gasteiger partial charge in [0, 0.05) is 23.5 Å². The summed E-state index contributed by atoms with van der Waals surface area (Å²) in [5.74, 6) is 0.306. The second-order valence-electron chi connectivity index (χ2n) is 4.65. The molecule has 3 aromatic rings. The highest BCUT2D eigenvalue weighted by Gasteiger charge is 2.07. The van der Waals surface area contributed by atoms with Gasteiger partial charge in [-0.15, -0.1) is 10.2 Å². The number of carbonyl (C=O) groups is 1. The van der Waals surface area contributed by atoms with Gasteiger partial charge in [-0.2, -0.15) is 0 Å². The summed E-state index contributed by atoms with van der Waals surface area (Å²) in [6.45, 7) is 0. The van der Waals surface area contributed by atoms with Gasteiger partial charge in [0.2, 0.25) is 5.91 Å². The largest absolute Gasteiger partial charge is 0.361 e. The fraction of sp³-hybridized carbons (Fsp3) is 0.133. The van der Waals surface area contributed by atoms with Gasteiger partial charge >= 0.3 is 0 Å². The van der Waals surface area contributed by atoms with Crippen LogP contribution >= 0.6 is 11.6 Å². The summed E-state index contributed by atoms with van der Waals surface area (Å²) in [5.41, 5.74) is 2.21. The number of para-hydroxylation sites is 1. The minimum atomic E-state index is -0.100. The molecule has 106 valence electrons. The molecular formula is C15H13ClN4O. The summed E-state index contributed by atoms with van der Waals surface area (Å²) in [6, 6.07) is 11.2. The van der Waals surface area contributed by atoms with Gasteiger partial charge < -0.3 is 10.3 Å². The van der Waals surface area contributed by atoms with Crippen molar-refractivity contribution in [3.8, 4) is 0 Å². The molecule has 0 aliphatic carbocycles. The van der Waals surface area contributed by atoms with E-state index in [0.717, 1.165) is 16.5 Å². The average Bonchev–Trinajstić information content (AvgIpc) is 2.91. The Labute approximate surface area is 126 Å². The standard InChI is InChI=1S/C15H13ClN4O/c16-13-6-7-14(20-19-13)18-15(21)8-5-10-9-17-12-4-2-1-3-11(10)12/h1-4,6-7,9,17H,5,8H2,(H,18,20,21). The first-order chi connectivity index (χ1) is 10.2. The van der Waals surface area contributed by atoms with E-state index in [1.807, 2.05) is 30.5 Å². The molecule has 5 nitrogen and oxygen atoms in total. The molecule has 0 aliphatic heterocycles. The molecule has 3 rings (SSSR count). The van der Waals surface area contributed by atoms with E-state index in [0.29, 0.717) is 23.8 Å². The second-order valence-corrected chi connectivity index (χ2v) is 5.04. The van der Waals surface area contributed by atoms with E-state index >= 15 is 0 Å². The smallest absolute Gasteiger partial charge is 0.225 e. The summed E-state index contributed by atoms with van der Waals surface area (Å²) in [6.07, 6.45) is 2.99. The number of anilines is 1. The van der Waals surface area contributed by atoms with Crippen molar-refractivity contribution in [1.82, 2.24) is 15.2 Å². The summed E-state index contributed by atoms with van der Waals surface area (Å²) in [4.78, 5) is 15.1. The van der Waals surface area contributed by atoms with Gasteiger partial charge in [-0.3, -0.25) is 4.79 Å². The molecule has 0 fully saturated rings. The average molecular weight is 301 g/mol. The Bertz CT molecular complexity index is 767. The van der Waals surface area contributed by atoms with Crippen LogP contribution < -0.4 is 5.32 Å². The molecule has 0 radical (unpaired) electrons. The third-order valence-electron chi connectivity index (χ3n) is 3.20. The maximum absolute atomic E-state index is 11.9. The maximum Gasteiger partial charge on any atom is 0.225 e. The van der Waals surface area contributed by atoms with E-state index in [2.05, 4.69) is 20.5 Å². The highest BCUT2D eigenvalue weighted by molar-refractivity contribution is 6.29. The highest BCUT2D eigenvalue weighted by atomic mass is 35.5. The van der Waals surface area contributed by atoms with Gasteiger partial charge in [0.25, 0.3) is 0 Å². The number of amides is 1. The van der Waals surface area contributed by atoms with Crippen LogP contribution in [0.3, 0.4) is 0 Å². The molecule has 0 aliphatic rings. The molecule has 6 heteroatoms. The Morgan fingerprint density at radius 2 is 2.05 bits per heavy atom. The number of nitrogens with one attached hydrogen (secondary N) is 2. The number of fused-ring (bicyclic) bond motifs is 1. The van der Waals surface area contributed by atoms with E-state index in [1.54, 1.807) is 12.1 Å². The molecule has 0 unspecified atom stereocenters. The Morgan fingerprint density at radius 3 is 2.86 bits per heavy atom. The first-order valence-electron chi connectivity index (χ1n) is 6.56. The Kier molecular flexibility index (Phi) is 3.83. The molecule has 21 heavy (non-hydrogen) atoms. The molecule has 1 aromatic carbocycles. The van der Waals surface area contributed by atoms with Gasteiger partial charge in [0.05, 0.1) is 0 Å². The molecule has 2 aromatic heterocycles. The molecule has 0 saturated heterocycles. The fourth-order valence-corrected chi connectivity index (χ4v) is 2.28. The lowest BCUT2D eigenvalue weighted by molar-refractivity contribution is -0.116. The van der Waals surface area contributed by atoms with Gasteiger partial charge in [-0.05, 0) is 30.2 Å². The fourth-order valence-electron chi connectivity index (χ4n) is 2.17. The summed E-state index contributed by atoms with van der Waals surface area (Å²) >= 11 is 5.64. The van der Waals surface area contributed by atoms with Crippen molar-refractivity contribution in [2.75, 3.05) is 5.32 Å². The topological polar surface area (TPSA) is 70.7 Å². The Morgan fingerprint density at radius 1 is 1.19 bits per heavy atom. The lowest BCUT2D eigenvalue weighted by Gasteiger charge is -2.03. The number of aryl methyl sites for hydroxylation is 1. The van der Waals surface area contributed by atoms with Crippen molar-refractivity contribution >= 4 is 34.2 Å². The minimum Gasteiger partial charge on any atom is -0.361 e. The zero-order chi connectivity index (χ0) is 14.7. The minimum absolute atomic E-state index is 0.100. The van der Waals surface area contributed by atoms with Crippen LogP contribution in [0.15, 0.2) is 42.6 Å². The number of aromatic nitrogens is 3. The van der Waals surface area contributed by atoms with Crippen LogP contribution in [-0.2, 0) is 11.2 Å². The summed E-state index contributed by atoms with van der Waals surface area (Å²) in [7, 11) is 0. The van der Waals surface area contributed by atoms with Crippen LogP contribution in [0.25, 0.3) is 10.9 Å². The number of hydrogen-bond acceptors (Lipinski definition) is 3. The third-order valence-corrected chi connectivity index (χ3v) is 3.40. The normalized spacial score (nSPS) is 10.7. The van der Waals surface area contributed by atoms with Crippen LogP contribution in [0.2, 0.25) is 5.15 Å². The van der Waals surface area contributed by atoms with Gasteiger partial charge in [0.15, 0.2) is 11.0 Å². The van der Waals surface area contributed by atoms with E-state index in [4.69, 9.17) is 11.6 Å². The lowest BCUT2D eigenvalue weighted by atomic mass is 10.1. The van der Waals surface area contributed by atoms with Crippen LogP contribution in [-0.4, -0.2) is 21.1 Å². The molecular weight excluding hydrogens is 288 g/mol. The number of nitrogens with zero attached hydrogens (tertiary/aromatic N) is 2. The Hall–Kier alpha value is -2.40. The highest BCUT2D eigenvalue weighted by Crippen LogP contribution is 2.19. The summed E-state index contributed by atoms with van der Waals surface area (Å²) in [5, 5.41) is 11.6. The number of aromatic amines is 1. The van der Waals surface area contributed by atoms with Crippen molar-refractivity contribution in [3.63, 3.8) is 0 Å². The molecule has 0 spiro atoms. The molecule has 1 amide bonds. The van der Waals surface area contributed by atoms with Crippen molar-refractivity contribution < 1.29 is 4.79 Å². The van der Waals surface area contributed by atoms with Crippen molar-refractivity contribution in [2.24, 2.45) is 0 Å².